The number of ether oxygens (including phenoxy) is 1. The lowest BCUT2D eigenvalue weighted by molar-refractivity contribution is -0.131. The summed E-state index contributed by atoms with van der Waals surface area (Å²) in [6.45, 7) is 2.67. The fourth-order valence-corrected chi connectivity index (χ4v) is 6.07. The highest BCUT2D eigenvalue weighted by Crippen LogP contribution is 2.26. The van der Waals surface area contributed by atoms with Crippen LogP contribution in [0, 0.1) is 0 Å². The van der Waals surface area contributed by atoms with Crippen molar-refractivity contribution in [3.63, 3.8) is 0 Å². The molecule has 1 fully saturated rings. The number of hydrogen-bond donors (Lipinski definition) is 0. The number of amides is 1. The molecule has 2 aromatic carbocycles. The molecule has 0 aromatic heterocycles. The quantitative estimate of drug-likeness (QED) is 0.621. The summed E-state index contributed by atoms with van der Waals surface area (Å²) in [7, 11) is -0.0969. The van der Waals surface area contributed by atoms with Gasteiger partial charge in [0, 0.05) is 39.8 Å². The van der Waals surface area contributed by atoms with Crippen LogP contribution in [0.2, 0.25) is 0 Å². The maximum atomic E-state index is 13.2. The Morgan fingerprint density at radius 3 is 2.45 bits per heavy atom. The molecule has 1 aliphatic carbocycles. The van der Waals surface area contributed by atoms with Gasteiger partial charge < -0.3 is 9.64 Å². The monoisotopic (exact) mass is 471 g/mol. The van der Waals surface area contributed by atoms with Crippen LogP contribution in [0.4, 0.5) is 0 Å². The van der Waals surface area contributed by atoms with E-state index in [2.05, 4.69) is 0 Å². The number of aryl methyl sites for hydroxylation is 2. The number of carbonyl (C=O) groups is 1. The minimum Gasteiger partial charge on any atom is -0.497 e. The molecule has 2 aromatic rings. The number of fused-ring (bicyclic) bond motifs is 1. The van der Waals surface area contributed by atoms with Gasteiger partial charge in [0.1, 0.15) is 5.75 Å². The Kier molecular flexibility index (Phi) is 7.36. The summed E-state index contributed by atoms with van der Waals surface area (Å²) >= 11 is 0. The molecule has 1 aliphatic heterocycles. The number of hydrogen-bond acceptors (Lipinski definition) is 5. The molecule has 0 bridgehead atoms. The number of rotatable bonds is 7. The highest BCUT2D eigenvalue weighted by atomic mass is 32.2. The minimum absolute atomic E-state index is 0.0174. The van der Waals surface area contributed by atoms with Gasteiger partial charge in [0.05, 0.1) is 18.6 Å². The van der Waals surface area contributed by atoms with Crippen LogP contribution in [0.3, 0.4) is 0 Å². The second-order valence-electron chi connectivity index (χ2n) is 8.92. The molecule has 1 saturated heterocycles. The van der Waals surface area contributed by atoms with Crippen LogP contribution in [0.5, 0.6) is 5.75 Å². The van der Waals surface area contributed by atoms with Crippen LogP contribution in [0.25, 0.3) is 0 Å². The van der Waals surface area contributed by atoms with E-state index in [-0.39, 0.29) is 12.5 Å². The zero-order valence-corrected chi connectivity index (χ0v) is 20.3. The SMILES string of the molecule is COc1cccc(CN(C)C(=O)CN2CCN(S(=O)(=O)c3ccc4c(c3)CCCC4)CC2)c1. The molecule has 0 spiro atoms. The van der Waals surface area contributed by atoms with Crippen LogP contribution < -0.4 is 4.74 Å². The first-order valence-electron chi connectivity index (χ1n) is 11.6. The average molecular weight is 472 g/mol. The predicted octanol–water partition coefficient (Wildman–Crippen LogP) is 2.54. The highest BCUT2D eigenvalue weighted by Gasteiger charge is 2.30. The predicted molar refractivity (Wildman–Crippen MR) is 128 cm³/mol. The number of methoxy groups -OCH3 is 1. The van der Waals surface area contributed by atoms with E-state index in [4.69, 9.17) is 4.74 Å². The first-order valence-corrected chi connectivity index (χ1v) is 13.0. The van der Waals surface area contributed by atoms with Crippen molar-refractivity contribution >= 4 is 15.9 Å². The molecule has 0 radical (unpaired) electrons. The Morgan fingerprint density at radius 2 is 1.73 bits per heavy atom. The van der Waals surface area contributed by atoms with E-state index in [1.165, 1.54) is 17.5 Å². The summed E-state index contributed by atoms with van der Waals surface area (Å²) < 4.78 is 33.2. The van der Waals surface area contributed by atoms with Gasteiger partial charge in [0.15, 0.2) is 0 Å². The Morgan fingerprint density at radius 1 is 1.00 bits per heavy atom. The molecule has 178 valence electrons. The van der Waals surface area contributed by atoms with Crippen molar-refractivity contribution in [3.8, 4) is 5.75 Å². The van der Waals surface area contributed by atoms with Crippen molar-refractivity contribution in [2.24, 2.45) is 0 Å². The number of benzene rings is 2. The second kappa shape index (κ2) is 10.2. The zero-order chi connectivity index (χ0) is 23.4. The fourth-order valence-electron chi connectivity index (χ4n) is 4.59. The largest absolute Gasteiger partial charge is 0.497 e. The van der Waals surface area contributed by atoms with Gasteiger partial charge >= 0.3 is 0 Å². The number of carbonyl (C=O) groups excluding carboxylic acids is 1. The fraction of sp³-hybridized carbons (Fsp3) is 0.480. The van der Waals surface area contributed by atoms with E-state index in [1.807, 2.05) is 41.3 Å². The molecule has 33 heavy (non-hydrogen) atoms. The topological polar surface area (TPSA) is 70.2 Å². The second-order valence-corrected chi connectivity index (χ2v) is 10.9. The lowest BCUT2D eigenvalue weighted by Crippen LogP contribution is -2.51. The summed E-state index contributed by atoms with van der Waals surface area (Å²) in [5.41, 5.74) is 3.46. The number of nitrogens with zero attached hydrogens (tertiary/aromatic N) is 3. The van der Waals surface area contributed by atoms with Crippen LogP contribution in [-0.4, -0.2) is 75.3 Å². The van der Waals surface area contributed by atoms with Crippen LogP contribution in [0.15, 0.2) is 47.4 Å². The maximum absolute atomic E-state index is 13.2. The van der Waals surface area contributed by atoms with Gasteiger partial charge in [-0.15, -0.1) is 0 Å². The molecule has 2 aliphatic rings. The Bertz CT molecular complexity index is 1090. The average Bonchev–Trinajstić information content (AvgIpc) is 2.84. The van der Waals surface area contributed by atoms with Gasteiger partial charge in [-0.05, 0) is 66.6 Å². The molecule has 4 rings (SSSR count). The number of sulfonamides is 1. The normalized spacial score (nSPS) is 17.4. The molecule has 0 unspecified atom stereocenters. The Balaban J connectivity index is 1.31. The third kappa shape index (κ3) is 5.57. The van der Waals surface area contributed by atoms with Crippen LogP contribution in [-0.2, 0) is 34.2 Å². The van der Waals surface area contributed by atoms with E-state index >= 15 is 0 Å². The van der Waals surface area contributed by atoms with Gasteiger partial charge in [0.2, 0.25) is 15.9 Å². The first kappa shape index (κ1) is 23.7. The third-order valence-electron chi connectivity index (χ3n) is 6.63. The zero-order valence-electron chi connectivity index (χ0n) is 19.5. The van der Waals surface area contributed by atoms with Crippen molar-refractivity contribution in [2.45, 2.75) is 37.1 Å². The van der Waals surface area contributed by atoms with E-state index in [9.17, 15) is 13.2 Å². The summed E-state index contributed by atoms with van der Waals surface area (Å²) in [6.07, 6.45) is 4.29. The van der Waals surface area contributed by atoms with E-state index < -0.39 is 10.0 Å². The van der Waals surface area contributed by atoms with Gasteiger partial charge in [-0.3, -0.25) is 9.69 Å². The molecule has 0 saturated carbocycles. The third-order valence-corrected chi connectivity index (χ3v) is 8.52. The van der Waals surface area contributed by atoms with Crippen molar-refractivity contribution in [2.75, 3.05) is 46.9 Å². The van der Waals surface area contributed by atoms with E-state index in [1.54, 1.807) is 29.4 Å². The molecule has 7 nitrogen and oxygen atoms in total. The highest BCUT2D eigenvalue weighted by molar-refractivity contribution is 7.89. The van der Waals surface area contributed by atoms with Crippen molar-refractivity contribution in [3.05, 3.63) is 59.2 Å². The standard InChI is InChI=1S/C25H33N3O4S/c1-26(18-20-6-5-9-23(16-20)32-2)25(29)19-27-12-14-28(15-13-27)33(30,31)24-11-10-21-7-3-4-8-22(21)17-24/h5-6,9-11,16-17H,3-4,7-8,12-15,18-19H2,1-2H3. The number of piperazine rings is 1. The molecule has 0 atom stereocenters. The van der Waals surface area contributed by atoms with Gasteiger partial charge in [-0.25, -0.2) is 8.42 Å². The molecule has 1 heterocycles. The molecule has 8 heteroatoms. The van der Waals surface area contributed by atoms with Crippen molar-refractivity contribution < 1.29 is 17.9 Å². The molecular weight excluding hydrogens is 438 g/mol. The lowest BCUT2D eigenvalue weighted by Gasteiger charge is -2.34. The van der Waals surface area contributed by atoms with Crippen LogP contribution >= 0.6 is 0 Å². The molecule has 0 N–H and O–H groups in total. The number of likely N-dealkylation sites (N-methyl/N-ethyl adjacent to an activating group) is 1. The summed E-state index contributed by atoms with van der Waals surface area (Å²) in [5.74, 6) is 0.786. The first-order chi connectivity index (χ1) is 15.9. The van der Waals surface area contributed by atoms with Gasteiger partial charge in [-0.2, -0.15) is 4.31 Å². The molecule has 1 amide bonds. The Hall–Kier alpha value is -2.42. The van der Waals surface area contributed by atoms with Crippen molar-refractivity contribution in [1.82, 2.24) is 14.1 Å². The molecular formula is C25H33N3O4S. The van der Waals surface area contributed by atoms with Gasteiger partial charge in [-0.1, -0.05) is 18.2 Å². The maximum Gasteiger partial charge on any atom is 0.243 e. The minimum atomic E-state index is -3.51. The van der Waals surface area contributed by atoms with Crippen molar-refractivity contribution in [1.29, 1.82) is 0 Å². The van der Waals surface area contributed by atoms with Gasteiger partial charge in [0.25, 0.3) is 0 Å². The van der Waals surface area contributed by atoms with E-state index in [0.29, 0.717) is 37.6 Å². The lowest BCUT2D eigenvalue weighted by atomic mass is 9.92. The van der Waals surface area contributed by atoms with E-state index in [0.717, 1.165) is 30.6 Å². The summed E-state index contributed by atoms with van der Waals surface area (Å²) in [5, 5.41) is 0. The summed E-state index contributed by atoms with van der Waals surface area (Å²) in [4.78, 5) is 16.9. The smallest absolute Gasteiger partial charge is 0.243 e. The summed E-state index contributed by atoms with van der Waals surface area (Å²) in [6, 6.07) is 13.3. The van der Waals surface area contributed by atoms with Crippen LogP contribution in [0.1, 0.15) is 29.5 Å². The Labute approximate surface area is 197 Å².